The molecule has 5 N–H and O–H groups in total. The highest BCUT2D eigenvalue weighted by molar-refractivity contribution is 9.11. The maximum absolute atomic E-state index is 13.3. The van der Waals surface area contributed by atoms with E-state index in [1.807, 2.05) is 13.8 Å². The van der Waals surface area contributed by atoms with Crippen molar-refractivity contribution >= 4 is 47.7 Å². The Kier molecular flexibility index (Phi) is 8.20. The molecule has 0 saturated carbocycles. The normalized spacial score (nSPS) is 11.6. The van der Waals surface area contributed by atoms with E-state index in [0.717, 1.165) is 11.1 Å². The minimum absolute atomic E-state index is 0.0268. The molecule has 10 heteroatoms. The number of phenols is 1. The highest BCUT2D eigenvalue weighted by Gasteiger charge is 2.23. The summed E-state index contributed by atoms with van der Waals surface area (Å²) in [7, 11) is -4.12. The van der Waals surface area contributed by atoms with Crippen molar-refractivity contribution in [1.29, 1.82) is 0 Å². The Bertz CT molecular complexity index is 1330. The number of nitrogens with two attached hydrogens (primary N) is 2. The third-order valence-electron chi connectivity index (χ3n) is 5.13. The summed E-state index contributed by atoms with van der Waals surface area (Å²) in [5.41, 5.74) is 7.28. The van der Waals surface area contributed by atoms with Gasteiger partial charge in [0.1, 0.15) is 11.5 Å². The van der Waals surface area contributed by atoms with E-state index in [9.17, 15) is 18.3 Å². The van der Waals surface area contributed by atoms with Crippen LogP contribution < -0.4 is 15.6 Å². The summed E-state index contributed by atoms with van der Waals surface area (Å²) in [6.45, 7) is 4.27. The van der Waals surface area contributed by atoms with E-state index in [1.54, 1.807) is 36.4 Å². The van der Waals surface area contributed by atoms with Gasteiger partial charge in [-0.3, -0.25) is 4.79 Å². The van der Waals surface area contributed by atoms with Gasteiger partial charge in [-0.1, -0.05) is 19.9 Å². The highest BCUT2D eigenvalue weighted by atomic mass is 79.9. The fraction of sp³-hybridized carbons (Fsp3) is 0.208. The van der Waals surface area contributed by atoms with Crippen LogP contribution in [0.25, 0.3) is 0 Å². The molecule has 0 aliphatic rings. The number of sulfonamides is 1. The van der Waals surface area contributed by atoms with Crippen LogP contribution in [0.3, 0.4) is 0 Å². The molecule has 3 aromatic carbocycles. The fourth-order valence-corrected chi connectivity index (χ4v) is 5.51. The largest absolute Gasteiger partial charge is 0.508 e. The number of primary sulfonamides is 1. The van der Waals surface area contributed by atoms with E-state index in [2.05, 4.69) is 31.9 Å². The van der Waals surface area contributed by atoms with Crippen LogP contribution in [-0.4, -0.2) is 25.9 Å². The molecule has 0 unspecified atom stereocenters. The van der Waals surface area contributed by atoms with Gasteiger partial charge < -0.3 is 15.6 Å². The first kappa shape index (κ1) is 26.4. The molecule has 0 amide bonds. The molecular weight excluding hydrogens is 588 g/mol. The van der Waals surface area contributed by atoms with Crippen LogP contribution in [0, 0.1) is 0 Å². The van der Waals surface area contributed by atoms with Crippen molar-refractivity contribution in [3.05, 3.63) is 79.7 Å². The minimum atomic E-state index is -4.12. The summed E-state index contributed by atoms with van der Waals surface area (Å²) in [6.07, 6.45) is 0.482. The molecule has 0 fully saturated rings. The predicted octanol–water partition coefficient (Wildman–Crippen LogP) is 5.21. The summed E-state index contributed by atoms with van der Waals surface area (Å²) in [5.74, 6) is 0.693. The van der Waals surface area contributed by atoms with Gasteiger partial charge in [-0.05, 0) is 98.8 Å². The Hall–Kier alpha value is -2.24. The van der Waals surface area contributed by atoms with Gasteiger partial charge in [0.15, 0.2) is 11.5 Å². The average molecular weight is 612 g/mol. The SMILES string of the molecule is CC(C)c1cc(Oc2c(Br)cc(C(=O)c3cc(CCN)ccc3S(N)(=O)=O)cc2Br)ccc1O. The molecule has 0 aliphatic carbocycles. The van der Waals surface area contributed by atoms with Gasteiger partial charge in [-0.2, -0.15) is 0 Å². The summed E-state index contributed by atoms with van der Waals surface area (Å²) in [4.78, 5) is 13.1. The topological polar surface area (TPSA) is 133 Å². The lowest BCUT2D eigenvalue weighted by Crippen LogP contribution is -2.18. The second-order valence-corrected chi connectivity index (χ2v) is 11.2. The van der Waals surface area contributed by atoms with Crippen molar-refractivity contribution in [2.24, 2.45) is 10.9 Å². The van der Waals surface area contributed by atoms with Crippen molar-refractivity contribution in [3.8, 4) is 17.2 Å². The van der Waals surface area contributed by atoms with Crippen molar-refractivity contribution < 1.29 is 23.1 Å². The minimum Gasteiger partial charge on any atom is -0.508 e. The van der Waals surface area contributed by atoms with Crippen molar-refractivity contribution in [2.75, 3.05) is 6.54 Å². The van der Waals surface area contributed by atoms with Crippen LogP contribution in [0.1, 0.15) is 46.8 Å². The lowest BCUT2D eigenvalue weighted by molar-refractivity contribution is 0.103. The smallest absolute Gasteiger partial charge is 0.238 e. The maximum atomic E-state index is 13.3. The van der Waals surface area contributed by atoms with Crippen LogP contribution in [0.2, 0.25) is 0 Å². The van der Waals surface area contributed by atoms with E-state index in [4.69, 9.17) is 15.6 Å². The second kappa shape index (κ2) is 10.6. The monoisotopic (exact) mass is 610 g/mol. The Balaban J connectivity index is 2.02. The number of aromatic hydroxyl groups is 1. The van der Waals surface area contributed by atoms with Gasteiger partial charge in [-0.15, -0.1) is 0 Å². The molecule has 0 aromatic heterocycles. The van der Waals surface area contributed by atoms with E-state index in [0.29, 0.717) is 33.4 Å². The number of phenolic OH excluding ortho intramolecular Hbond substituents is 1. The van der Waals surface area contributed by atoms with Crippen LogP contribution in [0.5, 0.6) is 17.2 Å². The number of ether oxygens (including phenoxy) is 1. The molecule has 3 aromatic rings. The second-order valence-electron chi connectivity index (χ2n) is 7.99. The van der Waals surface area contributed by atoms with Gasteiger partial charge in [0, 0.05) is 16.7 Å². The van der Waals surface area contributed by atoms with Crippen LogP contribution in [0.15, 0.2) is 62.4 Å². The quantitative estimate of drug-likeness (QED) is 0.299. The molecule has 0 radical (unpaired) electrons. The molecule has 34 heavy (non-hydrogen) atoms. The Labute approximate surface area is 215 Å². The van der Waals surface area contributed by atoms with E-state index in [1.165, 1.54) is 12.1 Å². The summed E-state index contributed by atoms with van der Waals surface area (Å²) >= 11 is 6.88. The number of hydrogen-bond acceptors (Lipinski definition) is 6. The number of halogens is 2. The number of ketones is 1. The van der Waals surface area contributed by atoms with Gasteiger partial charge in [0.2, 0.25) is 10.0 Å². The predicted molar refractivity (Wildman–Crippen MR) is 138 cm³/mol. The molecule has 0 aliphatic heterocycles. The Morgan fingerprint density at radius 3 is 2.26 bits per heavy atom. The standard InChI is InChI=1S/C24H24Br2N2O5S/c1-13(2)17-12-16(4-5-21(17)29)33-24-19(25)10-15(11-20(24)26)23(30)18-9-14(7-8-27)3-6-22(18)34(28,31)32/h3-6,9-13,29H,7-8,27H2,1-2H3,(H2,28,31,32). The molecule has 0 spiro atoms. The van der Waals surface area contributed by atoms with Gasteiger partial charge >= 0.3 is 0 Å². The molecule has 180 valence electrons. The zero-order valence-corrected chi connectivity index (χ0v) is 22.5. The third kappa shape index (κ3) is 5.87. The van der Waals surface area contributed by atoms with Crippen LogP contribution in [-0.2, 0) is 16.4 Å². The van der Waals surface area contributed by atoms with Gasteiger partial charge in [0.25, 0.3) is 0 Å². The third-order valence-corrected chi connectivity index (χ3v) is 7.28. The molecule has 7 nitrogen and oxygen atoms in total. The Morgan fingerprint density at radius 2 is 1.71 bits per heavy atom. The molecule has 0 atom stereocenters. The number of hydrogen-bond donors (Lipinski definition) is 3. The Morgan fingerprint density at radius 1 is 1.06 bits per heavy atom. The first-order valence-corrected chi connectivity index (χ1v) is 13.5. The lowest BCUT2D eigenvalue weighted by atomic mass is 10.00. The fourth-order valence-electron chi connectivity index (χ4n) is 3.45. The number of benzene rings is 3. The van der Waals surface area contributed by atoms with Gasteiger partial charge in [-0.25, -0.2) is 13.6 Å². The summed E-state index contributed by atoms with van der Waals surface area (Å²) in [6, 6.07) is 12.5. The first-order valence-electron chi connectivity index (χ1n) is 10.3. The first-order chi connectivity index (χ1) is 15.9. The molecular formula is C24H24Br2N2O5S. The zero-order valence-electron chi connectivity index (χ0n) is 18.5. The molecule has 0 bridgehead atoms. The average Bonchev–Trinajstić information content (AvgIpc) is 2.76. The van der Waals surface area contributed by atoms with E-state index < -0.39 is 15.8 Å². The number of rotatable bonds is 8. The van der Waals surface area contributed by atoms with E-state index in [-0.39, 0.29) is 27.7 Å². The molecule has 3 rings (SSSR count). The highest BCUT2D eigenvalue weighted by Crippen LogP contribution is 2.40. The van der Waals surface area contributed by atoms with Crippen LogP contribution in [0.4, 0.5) is 0 Å². The van der Waals surface area contributed by atoms with Gasteiger partial charge in [0.05, 0.1) is 13.8 Å². The van der Waals surface area contributed by atoms with Crippen molar-refractivity contribution in [1.82, 2.24) is 0 Å². The lowest BCUT2D eigenvalue weighted by Gasteiger charge is -2.15. The molecule has 0 saturated heterocycles. The molecule has 0 heterocycles. The maximum Gasteiger partial charge on any atom is 0.238 e. The van der Waals surface area contributed by atoms with E-state index >= 15 is 0 Å². The number of carbonyl (C=O) groups excluding carboxylic acids is 1. The van der Waals surface area contributed by atoms with Crippen molar-refractivity contribution in [3.63, 3.8) is 0 Å². The zero-order chi connectivity index (χ0) is 25.2. The summed E-state index contributed by atoms with van der Waals surface area (Å²) < 4.78 is 31.1. The summed E-state index contributed by atoms with van der Waals surface area (Å²) in [5, 5.41) is 15.4. The van der Waals surface area contributed by atoms with Crippen molar-refractivity contribution in [2.45, 2.75) is 31.1 Å². The number of carbonyl (C=O) groups is 1. The van der Waals surface area contributed by atoms with Crippen LogP contribution >= 0.6 is 31.9 Å².